The Kier molecular flexibility index (Phi) is 6.18. The molecule has 1 amide bonds. The Morgan fingerprint density at radius 3 is 2.87 bits per heavy atom. The summed E-state index contributed by atoms with van der Waals surface area (Å²) < 4.78 is 10.3. The minimum atomic E-state index is -0.289. The molecular weight excluding hydrogens is 334 g/mol. The fraction of sp³-hybridized carbons (Fsp3) is 0.312. The normalized spacial score (nSPS) is 16.1. The minimum Gasteiger partial charge on any atom is -0.497 e. The summed E-state index contributed by atoms with van der Waals surface area (Å²) in [6.07, 6.45) is 2.58. The number of ether oxygens (including phenoxy) is 2. The number of nitrogens with zero attached hydrogens (tertiary/aromatic N) is 1. The second-order valence-corrected chi connectivity index (χ2v) is 6.47. The number of benzene rings is 1. The molecule has 122 valence electrons. The number of hydrogen-bond acceptors (Lipinski definition) is 6. The fourth-order valence-electron chi connectivity index (χ4n) is 2.06. The average Bonchev–Trinajstić information content (AvgIpc) is 2.82. The van der Waals surface area contributed by atoms with Gasteiger partial charge in [-0.3, -0.25) is 14.5 Å². The van der Waals surface area contributed by atoms with Gasteiger partial charge in [-0.1, -0.05) is 36.1 Å². The van der Waals surface area contributed by atoms with Crippen molar-refractivity contribution in [2.45, 2.75) is 12.8 Å². The lowest BCUT2D eigenvalue weighted by Gasteiger charge is -2.13. The van der Waals surface area contributed by atoms with Gasteiger partial charge < -0.3 is 9.47 Å². The molecule has 0 aliphatic carbocycles. The van der Waals surface area contributed by atoms with Crippen molar-refractivity contribution in [3.8, 4) is 5.75 Å². The Balaban J connectivity index is 2.05. The molecule has 7 heteroatoms. The van der Waals surface area contributed by atoms with E-state index in [-0.39, 0.29) is 18.3 Å². The van der Waals surface area contributed by atoms with Gasteiger partial charge in [-0.2, -0.15) is 0 Å². The van der Waals surface area contributed by atoms with Crippen LogP contribution in [0.3, 0.4) is 0 Å². The van der Waals surface area contributed by atoms with Gasteiger partial charge in [-0.05, 0) is 30.2 Å². The number of esters is 1. The molecule has 0 N–H and O–H groups in total. The number of rotatable bonds is 6. The van der Waals surface area contributed by atoms with Crippen LogP contribution in [0, 0.1) is 0 Å². The summed E-state index contributed by atoms with van der Waals surface area (Å²) >= 11 is 6.52. The highest BCUT2D eigenvalue weighted by molar-refractivity contribution is 8.26. The molecule has 1 aromatic carbocycles. The van der Waals surface area contributed by atoms with Crippen molar-refractivity contribution in [3.63, 3.8) is 0 Å². The van der Waals surface area contributed by atoms with Gasteiger partial charge in [-0.15, -0.1) is 0 Å². The van der Waals surface area contributed by atoms with Gasteiger partial charge in [-0.25, -0.2) is 0 Å². The molecule has 1 aromatic rings. The van der Waals surface area contributed by atoms with E-state index >= 15 is 0 Å². The quantitative estimate of drug-likeness (QED) is 0.446. The number of carbonyl (C=O) groups excluding carboxylic acids is 2. The van der Waals surface area contributed by atoms with E-state index in [1.807, 2.05) is 24.3 Å². The maximum absolute atomic E-state index is 12.4. The summed E-state index contributed by atoms with van der Waals surface area (Å²) in [7, 11) is 2.94. The first-order valence-electron chi connectivity index (χ1n) is 7.01. The van der Waals surface area contributed by atoms with Crippen molar-refractivity contribution in [2.24, 2.45) is 0 Å². The lowest BCUT2D eigenvalue weighted by Crippen LogP contribution is -2.29. The molecule has 0 aromatic heterocycles. The van der Waals surface area contributed by atoms with Gasteiger partial charge in [0.15, 0.2) is 0 Å². The van der Waals surface area contributed by atoms with E-state index in [2.05, 4.69) is 4.74 Å². The second kappa shape index (κ2) is 8.12. The summed E-state index contributed by atoms with van der Waals surface area (Å²) in [5, 5.41) is 0. The van der Waals surface area contributed by atoms with Crippen LogP contribution in [-0.2, 0) is 14.3 Å². The molecular formula is C16H17NO4S2. The van der Waals surface area contributed by atoms with Gasteiger partial charge in [0.05, 0.1) is 19.1 Å². The van der Waals surface area contributed by atoms with E-state index in [0.29, 0.717) is 22.2 Å². The van der Waals surface area contributed by atoms with Gasteiger partial charge in [0.25, 0.3) is 5.91 Å². The molecule has 1 fully saturated rings. The Morgan fingerprint density at radius 1 is 1.39 bits per heavy atom. The predicted octanol–water partition coefficient (Wildman–Crippen LogP) is 2.85. The molecule has 0 atom stereocenters. The van der Waals surface area contributed by atoms with Gasteiger partial charge >= 0.3 is 5.97 Å². The zero-order chi connectivity index (χ0) is 16.8. The molecule has 1 aliphatic heterocycles. The van der Waals surface area contributed by atoms with Gasteiger partial charge in [0.1, 0.15) is 10.1 Å². The van der Waals surface area contributed by atoms with Crippen molar-refractivity contribution in [3.05, 3.63) is 34.7 Å². The first-order valence-corrected chi connectivity index (χ1v) is 8.24. The van der Waals surface area contributed by atoms with Crippen molar-refractivity contribution in [1.29, 1.82) is 0 Å². The first-order chi connectivity index (χ1) is 11.0. The topological polar surface area (TPSA) is 55.8 Å². The maximum atomic E-state index is 12.4. The number of carbonyl (C=O) groups is 2. The van der Waals surface area contributed by atoms with Crippen LogP contribution in [-0.4, -0.2) is 41.9 Å². The standard InChI is InChI=1S/C16H17NO4S2/c1-20-12-6-3-5-11(9-12)10-13-15(19)17(16(22)23-13)8-4-7-14(18)21-2/h3,5-6,9-10H,4,7-8H2,1-2H3. The van der Waals surface area contributed by atoms with E-state index in [4.69, 9.17) is 17.0 Å². The molecule has 0 radical (unpaired) electrons. The molecule has 0 unspecified atom stereocenters. The molecule has 1 aliphatic rings. The third-order valence-corrected chi connectivity index (χ3v) is 4.63. The van der Waals surface area contributed by atoms with Gasteiger partial charge in [0.2, 0.25) is 0 Å². The van der Waals surface area contributed by atoms with E-state index in [1.54, 1.807) is 13.2 Å². The van der Waals surface area contributed by atoms with E-state index in [0.717, 1.165) is 11.3 Å². The van der Waals surface area contributed by atoms with Crippen LogP contribution in [0.4, 0.5) is 0 Å². The Bertz CT molecular complexity index is 657. The lowest BCUT2D eigenvalue weighted by atomic mass is 10.2. The molecule has 0 bridgehead atoms. The van der Waals surface area contributed by atoms with Crippen LogP contribution < -0.4 is 4.74 Å². The monoisotopic (exact) mass is 351 g/mol. The molecule has 1 saturated heterocycles. The summed E-state index contributed by atoms with van der Waals surface area (Å²) in [6, 6.07) is 7.45. The first kappa shape index (κ1) is 17.5. The molecule has 0 saturated carbocycles. The molecule has 2 rings (SSSR count). The number of hydrogen-bond donors (Lipinski definition) is 0. The van der Waals surface area contributed by atoms with Gasteiger partial charge in [0, 0.05) is 13.0 Å². The third kappa shape index (κ3) is 4.56. The fourth-order valence-corrected chi connectivity index (χ4v) is 3.37. The van der Waals surface area contributed by atoms with Crippen LogP contribution in [0.2, 0.25) is 0 Å². The number of thiocarbonyl (C=S) groups is 1. The SMILES string of the molecule is COC(=O)CCCN1C(=O)C(=Cc2cccc(OC)c2)SC1=S. The molecule has 5 nitrogen and oxygen atoms in total. The predicted molar refractivity (Wildman–Crippen MR) is 94.1 cm³/mol. The van der Waals surface area contributed by atoms with Crippen molar-refractivity contribution in [2.75, 3.05) is 20.8 Å². The summed E-state index contributed by atoms with van der Waals surface area (Å²) in [6.45, 7) is 0.412. The molecule has 1 heterocycles. The lowest BCUT2D eigenvalue weighted by molar-refractivity contribution is -0.141. The third-order valence-electron chi connectivity index (χ3n) is 3.26. The van der Waals surface area contributed by atoms with E-state index in [1.165, 1.54) is 23.8 Å². The van der Waals surface area contributed by atoms with E-state index in [9.17, 15) is 9.59 Å². The van der Waals surface area contributed by atoms with Crippen LogP contribution in [0.25, 0.3) is 6.08 Å². The van der Waals surface area contributed by atoms with Crippen molar-refractivity contribution >= 4 is 46.3 Å². The van der Waals surface area contributed by atoms with Crippen LogP contribution in [0.5, 0.6) is 5.75 Å². The number of methoxy groups -OCH3 is 2. The Hall–Kier alpha value is -1.86. The summed E-state index contributed by atoms with van der Waals surface area (Å²) in [4.78, 5) is 25.6. The summed E-state index contributed by atoms with van der Waals surface area (Å²) in [5.74, 6) is 0.308. The number of thioether (sulfide) groups is 1. The van der Waals surface area contributed by atoms with Crippen molar-refractivity contribution in [1.82, 2.24) is 4.90 Å². The van der Waals surface area contributed by atoms with Crippen LogP contribution in [0.15, 0.2) is 29.2 Å². The Morgan fingerprint density at radius 2 is 2.17 bits per heavy atom. The van der Waals surface area contributed by atoms with Crippen molar-refractivity contribution < 1.29 is 19.1 Å². The highest BCUT2D eigenvalue weighted by Gasteiger charge is 2.31. The molecule has 23 heavy (non-hydrogen) atoms. The highest BCUT2D eigenvalue weighted by atomic mass is 32.2. The Labute approximate surface area is 144 Å². The average molecular weight is 351 g/mol. The van der Waals surface area contributed by atoms with Crippen LogP contribution in [0.1, 0.15) is 18.4 Å². The summed E-state index contributed by atoms with van der Waals surface area (Å²) in [5.41, 5.74) is 0.874. The highest BCUT2D eigenvalue weighted by Crippen LogP contribution is 2.33. The zero-order valence-electron chi connectivity index (χ0n) is 12.9. The zero-order valence-corrected chi connectivity index (χ0v) is 14.5. The van der Waals surface area contributed by atoms with E-state index < -0.39 is 0 Å². The largest absolute Gasteiger partial charge is 0.497 e. The molecule has 0 spiro atoms. The number of amides is 1. The smallest absolute Gasteiger partial charge is 0.305 e. The minimum absolute atomic E-state index is 0.132. The second-order valence-electron chi connectivity index (χ2n) is 4.79. The maximum Gasteiger partial charge on any atom is 0.305 e. The van der Waals surface area contributed by atoms with Crippen LogP contribution >= 0.6 is 24.0 Å².